The van der Waals surface area contributed by atoms with Gasteiger partial charge >= 0.3 is 6.18 Å². The van der Waals surface area contributed by atoms with Crippen LogP contribution in [-0.4, -0.2) is 90.8 Å². The first-order chi connectivity index (χ1) is 18.6. The van der Waals surface area contributed by atoms with E-state index in [1.165, 1.54) is 25.1 Å². The van der Waals surface area contributed by atoms with Crippen LogP contribution < -0.4 is 9.80 Å². The zero-order valence-corrected chi connectivity index (χ0v) is 22.7. The molecule has 0 saturated carbocycles. The predicted molar refractivity (Wildman–Crippen MR) is 143 cm³/mol. The molecule has 214 valence electrons. The highest BCUT2D eigenvalue weighted by Crippen LogP contribution is 2.34. The average Bonchev–Trinajstić information content (AvgIpc) is 3.39. The molecule has 3 heterocycles. The van der Waals surface area contributed by atoms with E-state index in [0.717, 1.165) is 44.9 Å². The Bertz CT molecular complexity index is 1140. The number of halogens is 5. The van der Waals surface area contributed by atoms with Crippen LogP contribution in [0.1, 0.15) is 30.5 Å². The molecule has 2 aliphatic heterocycles. The van der Waals surface area contributed by atoms with Crippen molar-refractivity contribution in [2.45, 2.75) is 38.4 Å². The van der Waals surface area contributed by atoms with Crippen LogP contribution in [0.5, 0.6) is 0 Å². The lowest BCUT2D eigenvalue weighted by molar-refractivity contribution is -0.137. The molecular formula is C27H34ClF4N5O2. The number of benzene rings is 1. The van der Waals surface area contributed by atoms with Crippen molar-refractivity contribution in [2.24, 2.45) is 0 Å². The molecule has 2 aliphatic rings. The summed E-state index contributed by atoms with van der Waals surface area (Å²) in [6.07, 6.45) is -2.78. The molecule has 12 heteroatoms. The van der Waals surface area contributed by atoms with E-state index in [0.29, 0.717) is 44.6 Å². The van der Waals surface area contributed by atoms with Crippen LogP contribution in [0.2, 0.25) is 5.02 Å². The number of nitrogens with zero attached hydrogens (tertiary/aromatic N) is 5. The Balaban J connectivity index is 1.52. The summed E-state index contributed by atoms with van der Waals surface area (Å²) >= 11 is 6.05. The van der Waals surface area contributed by atoms with Crippen LogP contribution in [0.4, 0.5) is 29.1 Å². The number of aromatic nitrogens is 1. The molecule has 1 atom stereocenters. The van der Waals surface area contributed by atoms with Gasteiger partial charge in [-0.25, -0.2) is 9.37 Å². The number of amides is 1. The number of hydrogen-bond donors (Lipinski definition) is 1. The first kappa shape index (κ1) is 29.5. The van der Waals surface area contributed by atoms with Crippen molar-refractivity contribution in [1.82, 2.24) is 14.8 Å². The van der Waals surface area contributed by atoms with Gasteiger partial charge in [0.15, 0.2) is 0 Å². The molecule has 4 rings (SSSR count). The molecule has 7 nitrogen and oxygen atoms in total. The van der Waals surface area contributed by atoms with Crippen molar-refractivity contribution in [3.63, 3.8) is 0 Å². The summed E-state index contributed by atoms with van der Waals surface area (Å²) in [5.41, 5.74) is -0.136. The van der Waals surface area contributed by atoms with Crippen molar-refractivity contribution in [1.29, 1.82) is 0 Å². The van der Waals surface area contributed by atoms with E-state index in [-0.39, 0.29) is 29.0 Å². The lowest BCUT2D eigenvalue weighted by Crippen LogP contribution is -2.49. The third kappa shape index (κ3) is 7.39. The quantitative estimate of drug-likeness (QED) is 0.455. The maximum atomic E-state index is 13.9. The normalized spacial score (nSPS) is 19.1. The summed E-state index contributed by atoms with van der Waals surface area (Å²) in [5.74, 6) is -0.754. The second kappa shape index (κ2) is 12.8. The Labute approximate surface area is 230 Å². The highest BCUT2D eigenvalue weighted by atomic mass is 35.5. The van der Waals surface area contributed by atoms with Crippen molar-refractivity contribution < 1.29 is 27.5 Å². The van der Waals surface area contributed by atoms with Gasteiger partial charge in [-0.3, -0.25) is 9.69 Å². The van der Waals surface area contributed by atoms with Gasteiger partial charge in [-0.15, -0.1) is 0 Å². The Hall–Kier alpha value is -2.47. The van der Waals surface area contributed by atoms with E-state index in [2.05, 4.69) is 14.8 Å². The maximum absolute atomic E-state index is 13.9. The number of carbonyl (C=O) groups is 1. The minimum absolute atomic E-state index is 0.108. The molecule has 0 spiro atoms. The summed E-state index contributed by atoms with van der Waals surface area (Å²) in [6.45, 7) is 7.20. The number of aliphatic hydroxyl groups excluding tert-OH is 1. The van der Waals surface area contributed by atoms with Gasteiger partial charge in [-0.2, -0.15) is 13.2 Å². The minimum atomic E-state index is -4.53. The SMILES string of the molecule is Cc1cc(C(F)(F)F)cc(N2CCC[C@H]2C(=O)N(CCCN2CCN(CCO)CC2)c2ccc(F)c(Cl)c2)n1. The molecule has 0 radical (unpaired) electrons. The van der Waals surface area contributed by atoms with Crippen molar-refractivity contribution in [3.8, 4) is 0 Å². The van der Waals surface area contributed by atoms with Crippen molar-refractivity contribution >= 4 is 29.0 Å². The Morgan fingerprint density at radius 1 is 1.10 bits per heavy atom. The van der Waals surface area contributed by atoms with Gasteiger partial charge in [0.25, 0.3) is 0 Å². The van der Waals surface area contributed by atoms with Crippen LogP contribution in [0.25, 0.3) is 0 Å². The second-order valence-electron chi connectivity index (χ2n) is 10.1. The molecule has 1 aromatic carbocycles. The first-order valence-electron chi connectivity index (χ1n) is 13.2. The number of alkyl halides is 3. The standard InChI is InChI=1S/C27H34ClF4N5O2/c1-19-16-20(27(30,31)32)17-25(33-19)37-8-2-4-24(37)26(39)36(21-5-6-23(29)22(28)18-21)9-3-7-34-10-12-35(13-11-34)14-15-38/h5-6,16-18,24,38H,2-4,7-15H2,1H3/t24-/m0/s1. The van der Waals surface area contributed by atoms with E-state index in [9.17, 15) is 22.4 Å². The fourth-order valence-corrected chi connectivity index (χ4v) is 5.46. The number of piperazine rings is 1. The zero-order chi connectivity index (χ0) is 28.2. The molecule has 2 fully saturated rings. The summed E-state index contributed by atoms with van der Waals surface area (Å²) < 4.78 is 54.4. The number of hydrogen-bond acceptors (Lipinski definition) is 6. The lowest BCUT2D eigenvalue weighted by atomic mass is 10.1. The highest BCUT2D eigenvalue weighted by molar-refractivity contribution is 6.31. The molecule has 2 saturated heterocycles. The minimum Gasteiger partial charge on any atom is -0.395 e. The summed E-state index contributed by atoms with van der Waals surface area (Å²) in [5, 5.41) is 9.04. The van der Waals surface area contributed by atoms with Gasteiger partial charge in [0.1, 0.15) is 17.7 Å². The molecule has 1 amide bonds. The fourth-order valence-electron chi connectivity index (χ4n) is 5.29. The van der Waals surface area contributed by atoms with Gasteiger partial charge in [0.2, 0.25) is 5.91 Å². The summed E-state index contributed by atoms with van der Waals surface area (Å²) in [6, 6.07) is 5.41. The van der Waals surface area contributed by atoms with E-state index >= 15 is 0 Å². The van der Waals surface area contributed by atoms with Gasteiger partial charge in [-0.05, 0) is 63.1 Å². The van der Waals surface area contributed by atoms with E-state index < -0.39 is 23.6 Å². The van der Waals surface area contributed by atoms with Crippen molar-refractivity contribution in [3.05, 3.63) is 52.4 Å². The largest absolute Gasteiger partial charge is 0.416 e. The van der Waals surface area contributed by atoms with Crippen LogP contribution in [0, 0.1) is 12.7 Å². The number of aliphatic hydroxyl groups is 1. The Morgan fingerprint density at radius 3 is 2.44 bits per heavy atom. The van der Waals surface area contributed by atoms with Gasteiger partial charge in [0, 0.05) is 57.2 Å². The van der Waals surface area contributed by atoms with Crippen molar-refractivity contribution in [2.75, 3.05) is 68.8 Å². The molecule has 1 N–H and O–H groups in total. The zero-order valence-electron chi connectivity index (χ0n) is 21.9. The second-order valence-corrected chi connectivity index (χ2v) is 10.5. The fraction of sp³-hybridized carbons (Fsp3) is 0.556. The summed E-state index contributed by atoms with van der Waals surface area (Å²) in [7, 11) is 0. The number of aryl methyl sites for hydroxylation is 1. The van der Waals surface area contributed by atoms with Crippen LogP contribution in [0.15, 0.2) is 30.3 Å². The molecule has 39 heavy (non-hydrogen) atoms. The predicted octanol–water partition coefficient (Wildman–Crippen LogP) is 4.20. The topological polar surface area (TPSA) is 63.2 Å². The third-order valence-corrected chi connectivity index (χ3v) is 7.61. The first-order valence-corrected chi connectivity index (χ1v) is 13.6. The number of rotatable bonds is 9. The van der Waals surface area contributed by atoms with Crippen LogP contribution >= 0.6 is 11.6 Å². The Kier molecular flexibility index (Phi) is 9.69. The third-order valence-electron chi connectivity index (χ3n) is 7.32. The number of anilines is 2. The summed E-state index contributed by atoms with van der Waals surface area (Å²) in [4.78, 5) is 26.0. The lowest BCUT2D eigenvalue weighted by Gasteiger charge is -2.35. The van der Waals surface area contributed by atoms with Gasteiger partial charge in [0.05, 0.1) is 17.2 Å². The molecule has 0 bridgehead atoms. The number of carbonyl (C=O) groups excluding carboxylic acids is 1. The molecule has 0 unspecified atom stereocenters. The van der Waals surface area contributed by atoms with Crippen LogP contribution in [0.3, 0.4) is 0 Å². The average molecular weight is 572 g/mol. The molecular weight excluding hydrogens is 538 g/mol. The Morgan fingerprint density at radius 2 is 1.79 bits per heavy atom. The molecule has 2 aromatic rings. The van der Waals surface area contributed by atoms with Gasteiger partial charge < -0.3 is 19.8 Å². The maximum Gasteiger partial charge on any atom is 0.416 e. The monoisotopic (exact) mass is 571 g/mol. The molecule has 0 aliphatic carbocycles. The van der Waals surface area contributed by atoms with E-state index in [1.807, 2.05) is 0 Å². The highest BCUT2D eigenvalue weighted by Gasteiger charge is 2.37. The molecule has 1 aromatic heterocycles. The van der Waals surface area contributed by atoms with Gasteiger partial charge in [-0.1, -0.05) is 11.6 Å². The number of pyridine rings is 1. The van der Waals surface area contributed by atoms with Crippen LogP contribution in [-0.2, 0) is 11.0 Å². The van der Waals surface area contributed by atoms with E-state index in [4.69, 9.17) is 16.7 Å². The number of β-amino-alcohol motifs (C(OH)–C–C–N with tert-alkyl or cyclic N) is 1. The smallest absolute Gasteiger partial charge is 0.395 e. The van der Waals surface area contributed by atoms with E-state index in [1.54, 1.807) is 9.80 Å².